The molecule has 0 saturated heterocycles. The van der Waals surface area contributed by atoms with Crippen molar-refractivity contribution < 1.29 is 5.11 Å². The van der Waals surface area contributed by atoms with E-state index in [-0.39, 0.29) is 0 Å². The number of aliphatic hydroxyl groups excluding tert-OH is 1. The van der Waals surface area contributed by atoms with E-state index in [2.05, 4.69) is 36.7 Å². The van der Waals surface area contributed by atoms with Crippen LogP contribution in [0, 0.1) is 11.3 Å². The van der Waals surface area contributed by atoms with E-state index in [4.69, 9.17) is 5.11 Å². The van der Waals surface area contributed by atoms with Crippen molar-refractivity contribution in [3.63, 3.8) is 0 Å². The summed E-state index contributed by atoms with van der Waals surface area (Å²) in [6.45, 7) is 5.91. The molecular weight excluding hydrogens is 230 g/mol. The third-order valence-corrected chi connectivity index (χ3v) is 4.77. The highest BCUT2D eigenvalue weighted by Crippen LogP contribution is 2.48. The Kier molecular flexibility index (Phi) is 4.23. The summed E-state index contributed by atoms with van der Waals surface area (Å²) in [6, 6.07) is 4.80. The molecule has 17 heavy (non-hydrogen) atoms. The zero-order valence-electron chi connectivity index (χ0n) is 10.8. The van der Waals surface area contributed by atoms with Crippen LogP contribution < -0.4 is 5.32 Å². The second-order valence-electron chi connectivity index (χ2n) is 5.59. The standard InChI is InChI=1S/C14H23NOS/c1-11(2)13(12-4-3-9-17-12)15-10-14(5-6-14)7-8-16/h3-4,9,11,13,15-16H,5-8,10H2,1-2H3. The molecule has 1 atom stereocenters. The monoisotopic (exact) mass is 253 g/mol. The number of rotatable bonds is 7. The molecule has 0 amide bonds. The largest absolute Gasteiger partial charge is 0.396 e. The molecule has 0 radical (unpaired) electrons. The summed E-state index contributed by atoms with van der Waals surface area (Å²) in [5.41, 5.74) is 0.402. The smallest absolute Gasteiger partial charge is 0.0438 e. The minimum absolute atomic E-state index is 0.326. The molecule has 96 valence electrons. The van der Waals surface area contributed by atoms with Crippen LogP contribution in [0.25, 0.3) is 0 Å². The van der Waals surface area contributed by atoms with Crippen molar-refractivity contribution in [2.45, 2.75) is 39.2 Å². The number of aliphatic hydroxyl groups is 1. The molecule has 1 saturated carbocycles. The van der Waals surface area contributed by atoms with E-state index in [1.807, 2.05) is 11.3 Å². The Hall–Kier alpha value is -0.380. The highest BCUT2D eigenvalue weighted by molar-refractivity contribution is 7.10. The lowest BCUT2D eigenvalue weighted by Crippen LogP contribution is -2.31. The summed E-state index contributed by atoms with van der Waals surface area (Å²) >= 11 is 1.83. The topological polar surface area (TPSA) is 32.3 Å². The first-order chi connectivity index (χ1) is 8.17. The minimum atomic E-state index is 0.326. The maximum Gasteiger partial charge on any atom is 0.0438 e. The van der Waals surface area contributed by atoms with Gasteiger partial charge in [0, 0.05) is 24.1 Å². The second kappa shape index (κ2) is 5.51. The average Bonchev–Trinajstić information content (AvgIpc) is 2.85. The fourth-order valence-corrected chi connectivity index (χ4v) is 3.36. The van der Waals surface area contributed by atoms with Crippen LogP contribution in [0.3, 0.4) is 0 Å². The van der Waals surface area contributed by atoms with Crippen LogP contribution in [-0.4, -0.2) is 18.3 Å². The van der Waals surface area contributed by atoms with E-state index in [1.54, 1.807) is 0 Å². The maximum absolute atomic E-state index is 9.07. The second-order valence-corrected chi connectivity index (χ2v) is 6.57. The number of nitrogens with one attached hydrogen (secondary N) is 1. The molecule has 2 nitrogen and oxygen atoms in total. The fourth-order valence-electron chi connectivity index (χ4n) is 2.39. The predicted octanol–water partition coefficient (Wildman–Crippen LogP) is 3.20. The lowest BCUT2D eigenvalue weighted by Gasteiger charge is -2.24. The zero-order valence-corrected chi connectivity index (χ0v) is 11.6. The van der Waals surface area contributed by atoms with E-state index < -0.39 is 0 Å². The molecule has 0 aliphatic heterocycles. The van der Waals surface area contributed by atoms with Crippen LogP contribution in [-0.2, 0) is 0 Å². The van der Waals surface area contributed by atoms with Crippen molar-refractivity contribution >= 4 is 11.3 Å². The van der Waals surface area contributed by atoms with Crippen LogP contribution in [0.15, 0.2) is 17.5 Å². The van der Waals surface area contributed by atoms with Gasteiger partial charge in [0.15, 0.2) is 0 Å². The van der Waals surface area contributed by atoms with Crippen molar-refractivity contribution in [1.29, 1.82) is 0 Å². The van der Waals surface area contributed by atoms with E-state index in [1.165, 1.54) is 17.7 Å². The van der Waals surface area contributed by atoms with Gasteiger partial charge in [-0.2, -0.15) is 0 Å². The van der Waals surface area contributed by atoms with Gasteiger partial charge in [-0.1, -0.05) is 19.9 Å². The van der Waals surface area contributed by atoms with Crippen molar-refractivity contribution in [2.24, 2.45) is 11.3 Å². The van der Waals surface area contributed by atoms with Gasteiger partial charge in [-0.15, -0.1) is 11.3 Å². The molecule has 0 spiro atoms. The third kappa shape index (κ3) is 3.30. The van der Waals surface area contributed by atoms with Gasteiger partial charge in [0.1, 0.15) is 0 Å². The van der Waals surface area contributed by atoms with E-state index >= 15 is 0 Å². The SMILES string of the molecule is CC(C)C(NCC1(CCO)CC1)c1cccs1. The van der Waals surface area contributed by atoms with Crippen molar-refractivity contribution in [3.05, 3.63) is 22.4 Å². The van der Waals surface area contributed by atoms with Crippen LogP contribution in [0.4, 0.5) is 0 Å². The van der Waals surface area contributed by atoms with E-state index in [9.17, 15) is 0 Å². The molecule has 3 heteroatoms. The van der Waals surface area contributed by atoms with Gasteiger partial charge in [0.05, 0.1) is 0 Å². The zero-order chi connectivity index (χ0) is 12.3. The Balaban J connectivity index is 1.91. The van der Waals surface area contributed by atoms with Gasteiger partial charge in [0.25, 0.3) is 0 Å². The Morgan fingerprint density at radius 1 is 1.47 bits per heavy atom. The molecule has 1 aromatic heterocycles. The number of hydrogen-bond acceptors (Lipinski definition) is 3. The molecule has 1 heterocycles. The lowest BCUT2D eigenvalue weighted by atomic mass is 9.99. The summed E-state index contributed by atoms with van der Waals surface area (Å²) < 4.78 is 0. The molecule has 0 aromatic carbocycles. The minimum Gasteiger partial charge on any atom is -0.396 e. The average molecular weight is 253 g/mol. The normalized spacial score (nSPS) is 19.5. The maximum atomic E-state index is 9.07. The number of hydrogen-bond donors (Lipinski definition) is 2. The lowest BCUT2D eigenvalue weighted by molar-refractivity contribution is 0.238. The molecular formula is C14H23NOS. The summed E-state index contributed by atoms with van der Waals surface area (Å²) in [5, 5.41) is 14.9. The summed E-state index contributed by atoms with van der Waals surface area (Å²) in [7, 11) is 0. The van der Waals surface area contributed by atoms with Gasteiger partial charge in [0.2, 0.25) is 0 Å². The molecule has 2 N–H and O–H groups in total. The van der Waals surface area contributed by atoms with Gasteiger partial charge in [-0.3, -0.25) is 0 Å². The Labute approximate surface area is 108 Å². The molecule has 2 rings (SSSR count). The molecule has 1 aliphatic rings. The molecule has 1 fully saturated rings. The molecule has 1 unspecified atom stereocenters. The first-order valence-electron chi connectivity index (χ1n) is 6.54. The highest BCUT2D eigenvalue weighted by Gasteiger charge is 2.41. The fraction of sp³-hybridized carbons (Fsp3) is 0.714. The van der Waals surface area contributed by atoms with Crippen molar-refractivity contribution in [2.75, 3.05) is 13.2 Å². The Morgan fingerprint density at radius 3 is 2.71 bits per heavy atom. The Bertz CT molecular complexity index is 330. The molecule has 1 aromatic rings. The van der Waals surface area contributed by atoms with Crippen LogP contribution in [0.1, 0.15) is 44.0 Å². The predicted molar refractivity (Wildman–Crippen MR) is 73.3 cm³/mol. The first kappa shape index (κ1) is 13.1. The van der Waals surface area contributed by atoms with Gasteiger partial charge >= 0.3 is 0 Å². The summed E-state index contributed by atoms with van der Waals surface area (Å²) in [4.78, 5) is 1.43. The summed E-state index contributed by atoms with van der Waals surface area (Å²) in [6.07, 6.45) is 3.50. The number of thiophene rings is 1. The van der Waals surface area contributed by atoms with E-state index in [0.29, 0.717) is 24.0 Å². The van der Waals surface area contributed by atoms with Crippen LogP contribution in [0.5, 0.6) is 0 Å². The van der Waals surface area contributed by atoms with Crippen molar-refractivity contribution in [3.8, 4) is 0 Å². The van der Waals surface area contributed by atoms with Gasteiger partial charge in [-0.25, -0.2) is 0 Å². The quantitative estimate of drug-likeness (QED) is 0.782. The molecule has 1 aliphatic carbocycles. The molecule has 0 bridgehead atoms. The van der Waals surface area contributed by atoms with Gasteiger partial charge in [-0.05, 0) is 42.0 Å². The highest BCUT2D eigenvalue weighted by atomic mass is 32.1. The van der Waals surface area contributed by atoms with E-state index in [0.717, 1.165) is 13.0 Å². The Morgan fingerprint density at radius 2 is 2.24 bits per heavy atom. The first-order valence-corrected chi connectivity index (χ1v) is 7.42. The summed E-state index contributed by atoms with van der Waals surface area (Å²) in [5.74, 6) is 0.610. The van der Waals surface area contributed by atoms with Gasteiger partial charge < -0.3 is 10.4 Å². The van der Waals surface area contributed by atoms with Crippen LogP contribution in [0.2, 0.25) is 0 Å². The van der Waals surface area contributed by atoms with Crippen molar-refractivity contribution in [1.82, 2.24) is 5.32 Å². The third-order valence-electron chi connectivity index (χ3n) is 3.81. The van der Waals surface area contributed by atoms with Crippen LogP contribution >= 0.6 is 11.3 Å².